The summed E-state index contributed by atoms with van der Waals surface area (Å²) in [5, 5.41) is 13.9. The van der Waals surface area contributed by atoms with Gasteiger partial charge in [-0.2, -0.15) is 18.3 Å². The van der Waals surface area contributed by atoms with E-state index in [0.717, 1.165) is 60.0 Å². The summed E-state index contributed by atoms with van der Waals surface area (Å²) in [6.07, 6.45) is -1.04. The third kappa shape index (κ3) is 5.30. The Balaban J connectivity index is 1.25. The number of nitrogens with zero attached hydrogens (tertiary/aromatic N) is 3. The number of halogens is 3. The molecule has 1 atom stereocenters. The molecule has 5 aromatic rings. The van der Waals surface area contributed by atoms with Gasteiger partial charge in [-0.3, -0.25) is 9.89 Å². The van der Waals surface area contributed by atoms with E-state index < -0.39 is 17.6 Å². The van der Waals surface area contributed by atoms with E-state index in [4.69, 9.17) is 0 Å². The van der Waals surface area contributed by atoms with Crippen LogP contribution in [0.4, 0.5) is 24.5 Å². The lowest BCUT2D eigenvalue weighted by Gasteiger charge is -2.31. The molecule has 6 rings (SSSR count). The molecular weight excluding hydrogens is 507 g/mol. The highest BCUT2D eigenvalue weighted by atomic mass is 19.4. The molecule has 2 aromatic heterocycles. The van der Waals surface area contributed by atoms with Gasteiger partial charge < -0.3 is 20.5 Å². The number of likely N-dealkylation sites (tertiary alicyclic amines) is 1. The number of fused-ring (bicyclic) bond motifs is 2. The monoisotopic (exact) mass is 533 g/mol. The van der Waals surface area contributed by atoms with E-state index in [1.165, 1.54) is 6.07 Å². The van der Waals surface area contributed by atoms with Gasteiger partial charge in [0.05, 0.1) is 28.3 Å². The van der Waals surface area contributed by atoms with E-state index in [-0.39, 0.29) is 17.3 Å². The normalized spacial score (nSPS) is 16.6. The van der Waals surface area contributed by atoms with Gasteiger partial charge in [-0.05, 0) is 68.9 Å². The van der Waals surface area contributed by atoms with Gasteiger partial charge in [0.15, 0.2) is 0 Å². The maximum absolute atomic E-state index is 13.7. The summed E-state index contributed by atoms with van der Waals surface area (Å²) in [7, 11) is 1.98. The van der Waals surface area contributed by atoms with Gasteiger partial charge >= 0.3 is 6.18 Å². The Labute approximate surface area is 221 Å². The number of hydrogen-bond donors (Lipinski definition) is 4. The van der Waals surface area contributed by atoms with Crippen molar-refractivity contribution in [2.45, 2.75) is 25.1 Å². The third-order valence-corrected chi connectivity index (χ3v) is 6.97. The number of imidazole rings is 1. The molecule has 0 saturated carbocycles. The number of rotatable bonds is 5. The van der Waals surface area contributed by atoms with Crippen molar-refractivity contribution in [1.82, 2.24) is 25.1 Å². The van der Waals surface area contributed by atoms with Crippen LogP contribution in [0.25, 0.3) is 33.3 Å². The number of aromatic nitrogens is 4. The van der Waals surface area contributed by atoms with Crippen molar-refractivity contribution < 1.29 is 18.0 Å². The molecule has 1 fully saturated rings. The molecule has 1 aliphatic heterocycles. The molecule has 11 heteroatoms. The number of carbonyl (C=O) groups excluding carboxylic acids is 1. The van der Waals surface area contributed by atoms with Crippen LogP contribution in [0.5, 0.6) is 0 Å². The molecule has 3 aromatic carbocycles. The standard InChI is InChI=1S/C28H26F3N7O/c1-38-8-2-3-21(15-38)33-22-10-18(9-19(12-22)28(29,30)31)27(39)34-20-6-7-23-25(13-20)36-26(35-23)16-4-5-17-14-32-37-24(17)11-16/h4-7,9-14,21,33H,2-3,8,15H2,1H3,(H,32,37)(H,34,39)(H,35,36). The minimum Gasteiger partial charge on any atom is -0.381 e. The van der Waals surface area contributed by atoms with Crippen LogP contribution in [0.1, 0.15) is 28.8 Å². The van der Waals surface area contributed by atoms with Crippen LogP contribution in [0, 0.1) is 0 Å². The number of piperidine rings is 1. The molecule has 1 amide bonds. The second kappa shape index (κ2) is 9.73. The summed E-state index contributed by atoms with van der Waals surface area (Å²) >= 11 is 0. The van der Waals surface area contributed by atoms with Crippen LogP contribution in [0.15, 0.2) is 60.8 Å². The van der Waals surface area contributed by atoms with Gasteiger partial charge in [0.1, 0.15) is 5.82 Å². The second-order valence-corrected chi connectivity index (χ2v) is 9.99. The molecule has 0 aliphatic carbocycles. The fourth-order valence-electron chi connectivity index (χ4n) is 5.03. The van der Waals surface area contributed by atoms with E-state index in [1.807, 2.05) is 25.2 Å². The average Bonchev–Trinajstić information content (AvgIpc) is 3.54. The quantitative estimate of drug-likeness (QED) is 0.226. The first-order valence-electron chi connectivity index (χ1n) is 12.6. The van der Waals surface area contributed by atoms with Gasteiger partial charge in [-0.25, -0.2) is 4.98 Å². The fourth-order valence-corrected chi connectivity index (χ4v) is 5.03. The topological polar surface area (TPSA) is 102 Å². The third-order valence-electron chi connectivity index (χ3n) is 6.97. The summed E-state index contributed by atoms with van der Waals surface area (Å²) in [5.41, 5.74) is 2.87. The van der Waals surface area contributed by atoms with E-state index in [1.54, 1.807) is 24.4 Å². The van der Waals surface area contributed by atoms with Crippen molar-refractivity contribution >= 4 is 39.2 Å². The number of carbonyl (C=O) groups is 1. The molecule has 39 heavy (non-hydrogen) atoms. The Morgan fingerprint density at radius 1 is 1.05 bits per heavy atom. The van der Waals surface area contributed by atoms with E-state index in [2.05, 4.69) is 35.7 Å². The first kappa shape index (κ1) is 24.9. The predicted molar refractivity (Wildman–Crippen MR) is 145 cm³/mol. The molecule has 1 unspecified atom stereocenters. The minimum absolute atomic E-state index is 0.00777. The van der Waals surface area contributed by atoms with Gasteiger partial charge in [0, 0.05) is 40.5 Å². The number of nitrogens with one attached hydrogen (secondary N) is 4. The van der Waals surface area contributed by atoms with Crippen molar-refractivity contribution in [1.29, 1.82) is 0 Å². The number of benzene rings is 3. The van der Waals surface area contributed by atoms with E-state index in [9.17, 15) is 18.0 Å². The van der Waals surface area contributed by atoms with Crippen LogP contribution >= 0.6 is 0 Å². The fraction of sp³-hybridized carbons (Fsp3) is 0.250. The molecule has 1 aliphatic rings. The van der Waals surface area contributed by atoms with E-state index >= 15 is 0 Å². The number of alkyl halides is 3. The lowest BCUT2D eigenvalue weighted by Crippen LogP contribution is -2.39. The molecule has 0 spiro atoms. The Bertz CT molecular complexity index is 1670. The van der Waals surface area contributed by atoms with E-state index in [0.29, 0.717) is 17.0 Å². The molecule has 1 saturated heterocycles. The largest absolute Gasteiger partial charge is 0.416 e. The predicted octanol–water partition coefficient (Wildman–Crippen LogP) is 5.88. The Hall–Kier alpha value is -4.38. The van der Waals surface area contributed by atoms with Crippen LogP contribution in [0.2, 0.25) is 0 Å². The maximum atomic E-state index is 13.7. The van der Waals surface area contributed by atoms with Crippen LogP contribution in [-0.2, 0) is 6.18 Å². The number of hydrogen-bond acceptors (Lipinski definition) is 5. The summed E-state index contributed by atoms with van der Waals surface area (Å²) in [6.45, 7) is 1.68. The van der Waals surface area contributed by atoms with Crippen molar-refractivity contribution in [3.8, 4) is 11.4 Å². The second-order valence-electron chi connectivity index (χ2n) is 9.99. The zero-order chi connectivity index (χ0) is 27.1. The van der Waals surface area contributed by atoms with Crippen molar-refractivity contribution in [2.24, 2.45) is 0 Å². The number of aromatic amines is 2. The van der Waals surface area contributed by atoms with Gasteiger partial charge in [0.25, 0.3) is 5.91 Å². The highest BCUT2D eigenvalue weighted by Gasteiger charge is 2.32. The Morgan fingerprint density at radius 3 is 2.74 bits per heavy atom. The summed E-state index contributed by atoms with van der Waals surface area (Å²) in [4.78, 5) is 23.1. The zero-order valence-electron chi connectivity index (χ0n) is 21.1. The SMILES string of the molecule is CN1CCCC(Nc2cc(C(=O)Nc3ccc4[nH]c(-c5ccc6cn[nH]c6c5)nc4c3)cc(C(F)(F)F)c2)C1. The molecule has 3 heterocycles. The number of H-pyrrole nitrogens is 2. The molecule has 0 bridgehead atoms. The Kier molecular flexibility index (Phi) is 6.22. The van der Waals surface area contributed by atoms with Crippen molar-refractivity contribution in [3.05, 3.63) is 71.9 Å². The van der Waals surface area contributed by atoms with Crippen molar-refractivity contribution in [2.75, 3.05) is 30.8 Å². The summed E-state index contributed by atoms with van der Waals surface area (Å²) in [6, 6.07) is 14.4. The van der Waals surface area contributed by atoms with Crippen LogP contribution in [0.3, 0.4) is 0 Å². The molecular formula is C28H26F3N7O. The highest BCUT2D eigenvalue weighted by Crippen LogP contribution is 2.33. The zero-order valence-corrected chi connectivity index (χ0v) is 21.1. The highest BCUT2D eigenvalue weighted by molar-refractivity contribution is 6.05. The molecule has 4 N–H and O–H groups in total. The molecule has 8 nitrogen and oxygen atoms in total. The lowest BCUT2D eigenvalue weighted by atomic mass is 10.0. The van der Waals surface area contributed by atoms with Crippen LogP contribution in [-0.4, -0.2) is 57.2 Å². The van der Waals surface area contributed by atoms with Crippen LogP contribution < -0.4 is 10.6 Å². The minimum atomic E-state index is -4.58. The molecule has 200 valence electrons. The van der Waals surface area contributed by atoms with Gasteiger partial charge in [-0.1, -0.05) is 12.1 Å². The first-order valence-corrected chi connectivity index (χ1v) is 12.6. The summed E-state index contributed by atoms with van der Waals surface area (Å²) < 4.78 is 41.0. The lowest BCUT2D eigenvalue weighted by molar-refractivity contribution is -0.137. The van der Waals surface area contributed by atoms with Gasteiger partial charge in [0.2, 0.25) is 0 Å². The maximum Gasteiger partial charge on any atom is 0.416 e. The average molecular weight is 534 g/mol. The number of amides is 1. The summed E-state index contributed by atoms with van der Waals surface area (Å²) in [5.74, 6) is 0.0108. The first-order chi connectivity index (χ1) is 18.7. The van der Waals surface area contributed by atoms with Crippen molar-refractivity contribution in [3.63, 3.8) is 0 Å². The Morgan fingerprint density at radius 2 is 1.92 bits per heavy atom. The number of likely N-dealkylation sites (N-methyl/N-ethyl adjacent to an activating group) is 1. The smallest absolute Gasteiger partial charge is 0.381 e. The number of anilines is 2. The van der Waals surface area contributed by atoms with Gasteiger partial charge in [-0.15, -0.1) is 0 Å². The molecule has 0 radical (unpaired) electrons.